The zero-order valence-corrected chi connectivity index (χ0v) is 24.5. The maximum absolute atomic E-state index is 16.8. The third kappa shape index (κ3) is 4.66. The van der Waals surface area contributed by atoms with Gasteiger partial charge in [0.2, 0.25) is 0 Å². The highest BCUT2D eigenvalue weighted by Crippen LogP contribution is 2.43. The third-order valence-corrected chi connectivity index (χ3v) is 9.93. The van der Waals surface area contributed by atoms with E-state index in [0.717, 1.165) is 25.7 Å². The van der Waals surface area contributed by atoms with Crippen LogP contribution >= 0.6 is 0 Å². The van der Waals surface area contributed by atoms with Crippen molar-refractivity contribution in [3.8, 4) is 35.4 Å². The van der Waals surface area contributed by atoms with E-state index in [4.69, 9.17) is 16.1 Å². The molecule has 11 heteroatoms. The standard InChI is InChI=1S/C34H31F3N6O2/c1-2-19-5-3-6-20-11-24(44)12-25(27(19)20)29-28(35)30-26(14-38-29)32(42-16-22-7-8-23(17-42)39-22)41-33(40-30)45-18-34-9-4-10-43(34)15-21(13-34)31(36)37/h1,3,5-6,11-12,14,22-23,39,44H,4,7-10,13,15-18H2/t22?,23?,34-/m0/s1. The van der Waals surface area contributed by atoms with Gasteiger partial charge in [-0.05, 0) is 62.2 Å². The summed E-state index contributed by atoms with van der Waals surface area (Å²) in [4.78, 5) is 18.1. The number of halogens is 3. The summed E-state index contributed by atoms with van der Waals surface area (Å²) in [5.41, 5.74) is 0.484. The summed E-state index contributed by atoms with van der Waals surface area (Å²) < 4.78 is 50.2. The minimum absolute atomic E-state index is 0.00775. The normalized spacial score (nSPS) is 24.4. The lowest BCUT2D eigenvalue weighted by molar-refractivity contribution is 0.108. The Balaban J connectivity index is 1.25. The SMILES string of the molecule is C#Cc1cccc2cc(O)cc(-c3ncc4c(N5CC6CCC(C5)N6)nc(OC[C@@]56CCCN5CC(=C(F)F)C6)nc4c3F)c12. The average molecular weight is 613 g/mol. The quantitative estimate of drug-likeness (QED) is 0.291. The molecule has 4 fully saturated rings. The molecule has 8 rings (SSSR count). The number of anilines is 1. The van der Waals surface area contributed by atoms with Gasteiger partial charge in [0.25, 0.3) is 6.08 Å². The molecule has 4 saturated heterocycles. The molecule has 0 radical (unpaired) electrons. The largest absolute Gasteiger partial charge is 0.508 e. The molecule has 4 aliphatic rings. The first kappa shape index (κ1) is 28.1. The molecule has 2 unspecified atom stereocenters. The van der Waals surface area contributed by atoms with E-state index in [0.29, 0.717) is 64.8 Å². The zero-order valence-electron chi connectivity index (χ0n) is 24.5. The van der Waals surface area contributed by atoms with Gasteiger partial charge in [-0.25, -0.2) is 4.39 Å². The van der Waals surface area contributed by atoms with Gasteiger partial charge in [-0.1, -0.05) is 18.1 Å². The van der Waals surface area contributed by atoms with Gasteiger partial charge < -0.3 is 20.1 Å². The topological polar surface area (TPSA) is 86.6 Å². The summed E-state index contributed by atoms with van der Waals surface area (Å²) in [7, 11) is 0. The molecule has 0 aliphatic carbocycles. The van der Waals surface area contributed by atoms with Crippen molar-refractivity contribution in [2.45, 2.75) is 49.7 Å². The second kappa shape index (κ2) is 10.6. The van der Waals surface area contributed by atoms with E-state index in [1.54, 1.807) is 30.5 Å². The van der Waals surface area contributed by atoms with Crippen LogP contribution in [0.3, 0.4) is 0 Å². The Hall–Kier alpha value is -4.40. The van der Waals surface area contributed by atoms with Crippen molar-refractivity contribution >= 4 is 27.5 Å². The van der Waals surface area contributed by atoms with E-state index in [1.165, 1.54) is 6.07 Å². The summed E-state index contributed by atoms with van der Waals surface area (Å²) in [5, 5.41) is 15.8. The van der Waals surface area contributed by atoms with Crippen molar-refractivity contribution in [3.63, 3.8) is 0 Å². The van der Waals surface area contributed by atoms with Gasteiger partial charge in [-0.15, -0.1) is 6.42 Å². The Morgan fingerprint density at radius 2 is 2.00 bits per heavy atom. The Bertz CT molecular complexity index is 1930. The fourth-order valence-electron chi connectivity index (χ4n) is 7.87. The van der Waals surface area contributed by atoms with Gasteiger partial charge in [0.1, 0.15) is 29.4 Å². The van der Waals surface area contributed by atoms with Gasteiger partial charge in [0.15, 0.2) is 5.82 Å². The predicted octanol–water partition coefficient (Wildman–Crippen LogP) is 5.38. The highest BCUT2D eigenvalue weighted by atomic mass is 19.3. The van der Waals surface area contributed by atoms with Crippen LogP contribution in [0.15, 0.2) is 48.2 Å². The van der Waals surface area contributed by atoms with Gasteiger partial charge in [-0.2, -0.15) is 18.7 Å². The fraction of sp³-hybridized carbons (Fsp3) is 0.382. The van der Waals surface area contributed by atoms with Crippen LogP contribution in [0.4, 0.5) is 19.0 Å². The number of ether oxygens (including phenoxy) is 1. The summed E-state index contributed by atoms with van der Waals surface area (Å²) in [6.07, 6.45) is 9.67. The van der Waals surface area contributed by atoms with Gasteiger partial charge >= 0.3 is 6.01 Å². The second-order valence-electron chi connectivity index (χ2n) is 12.7. The number of fused-ring (bicyclic) bond motifs is 5. The molecule has 230 valence electrons. The average Bonchev–Trinajstić information content (AvgIpc) is 3.70. The number of rotatable bonds is 5. The number of nitrogens with zero attached hydrogens (tertiary/aromatic N) is 5. The number of hydrogen-bond donors (Lipinski definition) is 2. The van der Waals surface area contributed by atoms with Crippen LogP contribution in [0, 0.1) is 18.2 Å². The third-order valence-electron chi connectivity index (χ3n) is 9.93. The highest BCUT2D eigenvalue weighted by molar-refractivity contribution is 6.02. The molecule has 0 spiro atoms. The Morgan fingerprint density at radius 3 is 2.78 bits per heavy atom. The molecule has 2 aromatic heterocycles. The Kier molecular flexibility index (Phi) is 6.62. The number of phenolic OH excluding ortho intramolecular Hbond substituents is 1. The molecule has 4 aromatic rings. The number of terminal acetylenes is 1. The molecular weight excluding hydrogens is 581 g/mol. The van der Waals surface area contributed by atoms with Crippen molar-refractivity contribution < 1.29 is 23.0 Å². The summed E-state index contributed by atoms with van der Waals surface area (Å²) in [5.74, 6) is 2.45. The smallest absolute Gasteiger partial charge is 0.319 e. The lowest BCUT2D eigenvalue weighted by Crippen LogP contribution is -2.51. The van der Waals surface area contributed by atoms with E-state index >= 15 is 4.39 Å². The van der Waals surface area contributed by atoms with E-state index in [-0.39, 0.29) is 48.1 Å². The molecule has 2 bridgehead atoms. The van der Waals surface area contributed by atoms with Crippen LogP contribution in [0.5, 0.6) is 11.8 Å². The zero-order chi connectivity index (χ0) is 30.9. The molecule has 0 saturated carbocycles. The molecule has 3 atom stereocenters. The predicted molar refractivity (Wildman–Crippen MR) is 165 cm³/mol. The van der Waals surface area contributed by atoms with E-state index in [9.17, 15) is 13.9 Å². The van der Waals surface area contributed by atoms with Gasteiger partial charge in [0.05, 0.1) is 10.9 Å². The highest BCUT2D eigenvalue weighted by Gasteiger charge is 2.48. The maximum Gasteiger partial charge on any atom is 0.319 e. The van der Waals surface area contributed by atoms with Crippen LogP contribution in [-0.2, 0) is 0 Å². The number of pyridine rings is 1. The second-order valence-corrected chi connectivity index (χ2v) is 12.7. The number of aromatic hydroxyl groups is 1. The molecule has 45 heavy (non-hydrogen) atoms. The summed E-state index contributed by atoms with van der Waals surface area (Å²) in [6, 6.07) is 8.95. The van der Waals surface area contributed by atoms with Crippen molar-refractivity contribution in [3.05, 3.63) is 59.6 Å². The first-order valence-electron chi connectivity index (χ1n) is 15.3. The molecule has 0 amide bonds. The van der Waals surface area contributed by atoms with Crippen LogP contribution in [0.25, 0.3) is 32.9 Å². The summed E-state index contributed by atoms with van der Waals surface area (Å²) >= 11 is 0. The first-order chi connectivity index (χ1) is 21.8. The molecule has 8 nitrogen and oxygen atoms in total. The first-order valence-corrected chi connectivity index (χ1v) is 15.3. The summed E-state index contributed by atoms with van der Waals surface area (Å²) in [6.45, 7) is 2.43. The Labute approximate surface area is 257 Å². The van der Waals surface area contributed by atoms with Crippen LogP contribution in [0.1, 0.15) is 37.7 Å². The molecular formula is C34H31F3N6O2. The maximum atomic E-state index is 16.8. The van der Waals surface area contributed by atoms with E-state index < -0.39 is 17.4 Å². The number of benzene rings is 2. The number of hydrogen-bond acceptors (Lipinski definition) is 8. The van der Waals surface area contributed by atoms with E-state index in [2.05, 4.69) is 31.0 Å². The van der Waals surface area contributed by atoms with Crippen molar-refractivity contribution in [1.82, 2.24) is 25.2 Å². The number of phenols is 1. The fourth-order valence-corrected chi connectivity index (χ4v) is 7.87. The van der Waals surface area contributed by atoms with Crippen molar-refractivity contribution in [1.29, 1.82) is 0 Å². The molecule has 6 heterocycles. The number of piperazine rings is 1. The minimum Gasteiger partial charge on any atom is -0.508 e. The lowest BCUT2D eigenvalue weighted by Gasteiger charge is -2.34. The number of aromatic nitrogens is 3. The molecule has 2 aromatic carbocycles. The monoisotopic (exact) mass is 612 g/mol. The van der Waals surface area contributed by atoms with Crippen molar-refractivity contribution in [2.75, 3.05) is 37.7 Å². The minimum atomic E-state index is -1.63. The van der Waals surface area contributed by atoms with Gasteiger partial charge in [0, 0.05) is 60.0 Å². The van der Waals surface area contributed by atoms with Gasteiger partial charge in [-0.3, -0.25) is 9.88 Å². The number of nitrogens with one attached hydrogen (secondary N) is 1. The van der Waals surface area contributed by atoms with E-state index in [1.807, 2.05) is 0 Å². The van der Waals surface area contributed by atoms with Crippen LogP contribution in [-0.4, -0.2) is 75.4 Å². The van der Waals surface area contributed by atoms with Crippen molar-refractivity contribution in [2.24, 2.45) is 0 Å². The molecule has 4 aliphatic heterocycles. The Morgan fingerprint density at radius 1 is 1.18 bits per heavy atom. The van der Waals surface area contributed by atoms with Crippen LogP contribution in [0.2, 0.25) is 0 Å². The molecule has 2 N–H and O–H groups in total. The van der Waals surface area contributed by atoms with Crippen LogP contribution < -0.4 is 15.0 Å². The lowest BCUT2D eigenvalue weighted by atomic mass is 9.94.